The number of likely N-dealkylation sites (tertiary alicyclic amines) is 1. The molecule has 2 saturated heterocycles. The molecule has 0 aromatic heterocycles. The molecule has 0 spiro atoms. The fraction of sp³-hybridized carbons (Fsp3) is 0.882. The smallest absolute Gasteiger partial charge is 0.335 e. The van der Waals surface area contributed by atoms with Gasteiger partial charge in [-0.2, -0.15) is 5.10 Å². The number of rotatable bonds is 4. The lowest BCUT2D eigenvalue weighted by atomic mass is 9.92. The van der Waals surface area contributed by atoms with Gasteiger partial charge in [0, 0.05) is 50.8 Å². The number of ether oxygens (including phenoxy) is 1. The van der Waals surface area contributed by atoms with E-state index in [0.717, 1.165) is 57.1 Å². The SMILES string of the molecule is O=C(NC[C@H]1CCCO1)NN=C1CCN(C2CCCCC2)CC1. The van der Waals surface area contributed by atoms with Crippen molar-refractivity contribution in [2.24, 2.45) is 5.10 Å². The zero-order chi connectivity index (χ0) is 15.9. The van der Waals surface area contributed by atoms with Crippen LogP contribution in [-0.4, -0.2) is 55.0 Å². The van der Waals surface area contributed by atoms with Crippen LogP contribution in [0.15, 0.2) is 5.10 Å². The molecule has 3 rings (SSSR count). The summed E-state index contributed by atoms with van der Waals surface area (Å²) in [5.74, 6) is 0. The van der Waals surface area contributed by atoms with E-state index in [9.17, 15) is 4.79 Å². The number of hydrogen-bond donors (Lipinski definition) is 2. The molecule has 1 atom stereocenters. The number of carbonyl (C=O) groups is 1. The summed E-state index contributed by atoms with van der Waals surface area (Å²) in [7, 11) is 0. The van der Waals surface area contributed by atoms with Crippen LogP contribution in [0.2, 0.25) is 0 Å². The van der Waals surface area contributed by atoms with Crippen LogP contribution in [0, 0.1) is 0 Å². The van der Waals surface area contributed by atoms with Gasteiger partial charge < -0.3 is 10.1 Å². The van der Waals surface area contributed by atoms with Crippen LogP contribution in [-0.2, 0) is 4.74 Å². The summed E-state index contributed by atoms with van der Waals surface area (Å²) >= 11 is 0. The summed E-state index contributed by atoms with van der Waals surface area (Å²) in [6.07, 6.45) is 11.1. The van der Waals surface area contributed by atoms with Crippen molar-refractivity contribution in [1.29, 1.82) is 0 Å². The van der Waals surface area contributed by atoms with Crippen molar-refractivity contribution in [3.05, 3.63) is 0 Å². The molecule has 2 heterocycles. The Bertz CT molecular complexity index is 405. The number of amides is 2. The molecular formula is C17H30N4O2. The summed E-state index contributed by atoms with van der Waals surface area (Å²) in [6, 6.07) is 0.565. The summed E-state index contributed by atoms with van der Waals surface area (Å²) < 4.78 is 5.48. The molecule has 1 saturated carbocycles. The quantitative estimate of drug-likeness (QED) is 0.780. The largest absolute Gasteiger partial charge is 0.376 e. The highest BCUT2D eigenvalue weighted by atomic mass is 16.5. The van der Waals surface area contributed by atoms with Crippen LogP contribution in [0.5, 0.6) is 0 Å². The number of nitrogens with zero attached hydrogens (tertiary/aromatic N) is 2. The Kier molecular flexibility index (Phi) is 6.28. The molecule has 3 aliphatic rings. The lowest BCUT2D eigenvalue weighted by molar-refractivity contribution is 0.111. The first-order valence-electron chi connectivity index (χ1n) is 9.26. The Morgan fingerprint density at radius 2 is 1.91 bits per heavy atom. The Morgan fingerprint density at radius 3 is 2.61 bits per heavy atom. The molecule has 2 N–H and O–H groups in total. The predicted octanol–water partition coefficient (Wildman–Crippen LogP) is 2.25. The minimum absolute atomic E-state index is 0.173. The fourth-order valence-corrected chi connectivity index (χ4v) is 3.89. The zero-order valence-corrected chi connectivity index (χ0v) is 14.1. The molecule has 0 bridgehead atoms. The highest BCUT2D eigenvalue weighted by Gasteiger charge is 2.24. The molecule has 1 aliphatic carbocycles. The summed E-state index contributed by atoms with van der Waals surface area (Å²) in [5.41, 5.74) is 3.75. The molecular weight excluding hydrogens is 292 g/mol. The van der Waals surface area contributed by atoms with Gasteiger partial charge in [-0.3, -0.25) is 4.90 Å². The standard InChI is InChI=1S/C17H30N4O2/c22-17(18-13-16-7-4-12-23-16)20-19-14-8-10-21(11-9-14)15-5-2-1-3-6-15/h15-16H,1-13H2,(H2,18,20,22)/t16-/m1/s1. The second-order valence-electron chi connectivity index (χ2n) is 6.96. The van der Waals surface area contributed by atoms with Gasteiger partial charge in [-0.25, -0.2) is 10.2 Å². The van der Waals surface area contributed by atoms with E-state index in [1.807, 2.05) is 0 Å². The molecule has 0 radical (unpaired) electrons. The fourth-order valence-electron chi connectivity index (χ4n) is 3.89. The van der Waals surface area contributed by atoms with E-state index in [1.54, 1.807) is 0 Å². The van der Waals surface area contributed by atoms with E-state index < -0.39 is 0 Å². The number of urea groups is 1. The van der Waals surface area contributed by atoms with E-state index in [-0.39, 0.29) is 12.1 Å². The van der Waals surface area contributed by atoms with Crippen LogP contribution in [0.25, 0.3) is 0 Å². The number of piperidine rings is 1. The van der Waals surface area contributed by atoms with Gasteiger partial charge in [-0.05, 0) is 25.7 Å². The number of hydrogen-bond acceptors (Lipinski definition) is 4. The molecule has 130 valence electrons. The maximum atomic E-state index is 11.8. The molecule has 3 fully saturated rings. The summed E-state index contributed by atoms with van der Waals surface area (Å²) in [5, 5.41) is 7.13. The van der Waals surface area contributed by atoms with Crippen molar-refractivity contribution in [2.75, 3.05) is 26.2 Å². The highest BCUT2D eigenvalue weighted by molar-refractivity contribution is 5.87. The molecule has 0 aromatic rings. The average molecular weight is 322 g/mol. The van der Waals surface area contributed by atoms with Gasteiger partial charge in [0.05, 0.1) is 6.10 Å². The lowest BCUT2D eigenvalue weighted by Crippen LogP contribution is -2.43. The number of hydrazone groups is 1. The molecule has 6 nitrogen and oxygen atoms in total. The molecule has 6 heteroatoms. The van der Waals surface area contributed by atoms with Crippen LogP contribution in [0.3, 0.4) is 0 Å². The molecule has 0 aromatic carbocycles. The second kappa shape index (κ2) is 8.64. The second-order valence-corrected chi connectivity index (χ2v) is 6.96. The van der Waals surface area contributed by atoms with Crippen LogP contribution >= 0.6 is 0 Å². The summed E-state index contributed by atoms with van der Waals surface area (Å²) in [4.78, 5) is 14.4. The Morgan fingerprint density at radius 1 is 1.13 bits per heavy atom. The Hall–Kier alpha value is -1.14. The van der Waals surface area contributed by atoms with Crippen molar-refractivity contribution in [3.8, 4) is 0 Å². The normalized spacial score (nSPS) is 27.0. The van der Waals surface area contributed by atoms with Crippen LogP contribution in [0.1, 0.15) is 57.8 Å². The minimum Gasteiger partial charge on any atom is -0.376 e. The predicted molar refractivity (Wildman–Crippen MR) is 90.6 cm³/mol. The van der Waals surface area contributed by atoms with Crippen molar-refractivity contribution in [1.82, 2.24) is 15.6 Å². The summed E-state index contributed by atoms with van der Waals surface area (Å²) in [6.45, 7) is 3.56. The molecule has 2 aliphatic heterocycles. The van der Waals surface area contributed by atoms with Gasteiger partial charge in [0.2, 0.25) is 0 Å². The van der Waals surface area contributed by atoms with Gasteiger partial charge >= 0.3 is 6.03 Å². The third kappa shape index (κ3) is 5.18. The van der Waals surface area contributed by atoms with E-state index >= 15 is 0 Å². The maximum absolute atomic E-state index is 11.8. The minimum atomic E-state index is -0.220. The maximum Gasteiger partial charge on any atom is 0.335 e. The first-order valence-corrected chi connectivity index (χ1v) is 9.26. The molecule has 0 unspecified atom stereocenters. The molecule has 2 amide bonds. The topological polar surface area (TPSA) is 66.0 Å². The van der Waals surface area contributed by atoms with Crippen LogP contribution in [0.4, 0.5) is 4.79 Å². The first kappa shape index (κ1) is 16.7. The van der Waals surface area contributed by atoms with Gasteiger partial charge in [-0.15, -0.1) is 0 Å². The van der Waals surface area contributed by atoms with Gasteiger partial charge in [0.1, 0.15) is 0 Å². The van der Waals surface area contributed by atoms with Crippen molar-refractivity contribution in [3.63, 3.8) is 0 Å². The highest BCUT2D eigenvalue weighted by Crippen LogP contribution is 2.24. The van der Waals surface area contributed by atoms with E-state index in [0.29, 0.717) is 6.54 Å². The Balaban J connectivity index is 1.33. The van der Waals surface area contributed by atoms with Crippen LogP contribution < -0.4 is 10.7 Å². The van der Waals surface area contributed by atoms with Gasteiger partial charge in [0.25, 0.3) is 0 Å². The number of carbonyl (C=O) groups excluding carboxylic acids is 1. The van der Waals surface area contributed by atoms with Gasteiger partial charge in [0.15, 0.2) is 0 Å². The number of nitrogens with one attached hydrogen (secondary N) is 2. The zero-order valence-electron chi connectivity index (χ0n) is 14.1. The van der Waals surface area contributed by atoms with Crippen molar-refractivity contribution in [2.45, 2.75) is 69.9 Å². The first-order chi connectivity index (χ1) is 11.3. The third-order valence-electron chi connectivity index (χ3n) is 5.30. The molecule has 23 heavy (non-hydrogen) atoms. The van der Waals surface area contributed by atoms with Gasteiger partial charge in [-0.1, -0.05) is 19.3 Å². The third-order valence-corrected chi connectivity index (χ3v) is 5.30. The van der Waals surface area contributed by atoms with E-state index in [2.05, 4.69) is 20.7 Å². The average Bonchev–Trinajstić information content (AvgIpc) is 3.13. The van der Waals surface area contributed by atoms with E-state index in [1.165, 1.54) is 32.1 Å². The van der Waals surface area contributed by atoms with Crippen molar-refractivity contribution < 1.29 is 9.53 Å². The monoisotopic (exact) mass is 322 g/mol. The Labute approximate surface area is 139 Å². The lowest BCUT2D eigenvalue weighted by Gasteiger charge is -2.37. The van der Waals surface area contributed by atoms with E-state index in [4.69, 9.17) is 4.74 Å². The van der Waals surface area contributed by atoms with Crippen molar-refractivity contribution >= 4 is 11.7 Å².